The van der Waals surface area contributed by atoms with Gasteiger partial charge in [0.2, 0.25) is 0 Å². The molecule has 6 nitrogen and oxygen atoms in total. The molecule has 0 radical (unpaired) electrons. The van der Waals surface area contributed by atoms with Crippen molar-refractivity contribution in [2.45, 2.75) is 40.0 Å². The first-order chi connectivity index (χ1) is 16.0. The third-order valence-electron chi connectivity index (χ3n) is 5.46. The molecule has 1 heterocycles. The lowest BCUT2D eigenvalue weighted by Crippen LogP contribution is -2.28. The van der Waals surface area contributed by atoms with E-state index < -0.39 is 0 Å². The van der Waals surface area contributed by atoms with Crippen LogP contribution in [0.2, 0.25) is 0 Å². The number of furan rings is 1. The summed E-state index contributed by atoms with van der Waals surface area (Å²) in [5.41, 5.74) is 2.15. The summed E-state index contributed by atoms with van der Waals surface area (Å²) >= 11 is 4.54. The molecular weight excluding hydrogens is 646 g/mol. The second-order valence-electron chi connectivity index (χ2n) is 7.47. The number of nitrogens with two attached hydrogens (primary N) is 1. The number of likely N-dealkylation sites (N-methyl/N-ethyl adjacent to an activating group) is 1. The maximum Gasteiger partial charge on any atom is 0.197 e. The Morgan fingerprint density at radius 1 is 1.09 bits per heavy atom. The number of benzene rings is 2. The van der Waals surface area contributed by atoms with Crippen molar-refractivity contribution in [1.82, 2.24) is 4.90 Å². The van der Waals surface area contributed by atoms with Crippen LogP contribution < -0.4 is 10.6 Å². The smallest absolute Gasteiger partial charge is 0.197 e. The van der Waals surface area contributed by atoms with Gasteiger partial charge in [0, 0.05) is 23.9 Å². The molecule has 3 aromatic rings. The second-order valence-corrected chi connectivity index (χ2v) is 9.80. The molecule has 0 spiro atoms. The first-order valence-electron chi connectivity index (χ1n) is 11.1. The Kier molecular flexibility index (Phi) is 12.1. The van der Waals surface area contributed by atoms with E-state index in [9.17, 15) is 4.79 Å². The van der Waals surface area contributed by atoms with Crippen LogP contribution in [0.5, 0.6) is 5.75 Å². The summed E-state index contributed by atoms with van der Waals surface area (Å²) in [6.07, 6.45) is 2.82. The number of aryl methyl sites for hydroxylation is 1. The number of ether oxygens (including phenoxy) is 1. The second kappa shape index (κ2) is 14.2. The van der Waals surface area contributed by atoms with Gasteiger partial charge >= 0.3 is 0 Å². The molecule has 0 bridgehead atoms. The van der Waals surface area contributed by atoms with E-state index in [4.69, 9.17) is 14.4 Å². The fourth-order valence-electron chi connectivity index (χ4n) is 3.65. The molecule has 0 amide bonds. The number of para-hydroxylation sites is 1. The van der Waals surface area contributed by atoms with Gasteiger partial charge in [-0.25, -0.2) is 5.90 Å². The molecule has 1 aromatic heterocycles. The number of hydrogen-bond acceptors (Lipinski definition) is 6. The number of hydrogen-bond donors (Lipinski definition) is 2. The molecule has 2 aromatic carbocycles. The van der Waals surface area contributed by atoms with Crippen molar-refractivity contribution in [3.8, 4) is 5.75 Å². The van der Waals surface area contributed by atoms with Crippen LogP contribution in [0.15, 0.2) is 40.8 Å². The first kappa shape index (κ1) is 28.0. The van der Waals surface area contributed by atoms with Gasteiger partial charge in [0.05, 0.1) is 12.7 Å². The summed E-state index contributed by atoms with van der Waals surface area (Å²) in [7, 11) is 0. The maximum absolute atomic E-state index is 13.6. The van der Waals surface area contributed by atoms with Crippen molar-refractivity contribution in [2.24, 2.45) is 5.90 Å². The van der Waals surface area contributed by atoms with Crippen LogP contribution in [0.3, 0.4) is 0 Å². The number of rotatable bonds is 11. The minimum absolute atomic E-state index is 0.0153. The maximum atomic E-state index is 13.6. The summed E-state index contributed by atoms with van der Waals surface area (Å²) < 4.78 is 14.1. The van der Waals surface area contributed by atoms with Crippen LogP contribution in [-0.2, 0) is 6.42 Å². The molecule has 0 unspecified atom stereocenters. The molecule has 0 atom stereocenters. The molecule has 8 heteroatoms. The summed E-state index contributed by atoms with van der Waals surface area (Å²) in [5.74, 6) is 5.16. The zero-order valence-corrected chi connectivity index (χ0v) is 23.7. The fraction of sp³-hybridized carbons (Fsp3) is 0.400. The van der Waals surface area contributed by atoms with E-state index >= 15 is 0 Å². The molecule has 3 N–H and O–H groups in total. The third-order valence-corrected chi connectivity index (χ3v) is 7.06. The lowest BCUT2D eigenvalue weighted by Gasteiger charge is -2.19. The Labute approximate surface area is 223 Å². The number of carbonyl (C=O) groups is 1. The van der Waals surface area contributed by atoms with Crippen LogP contribution in [-0.4, -0.2) is 42.1 Å². The molecule has 0 saturated carbocycles. The molecular formula is C25H32I2N2O4. The molecule has 0 aliphatic carbocycles. The number of unbranched alkanes of at least 4 members (excludes halogenated alkanes) is 1. The average Bonchev–Trinajstić information content (AvgIpc) is 3.21. The normalized spacial score (nSPS) is 10.9. The van der Waals surface area contributed by atoms with Crippen LogP contribution in [0.25, 0.3) is 11.0 Å². The van der Waals surface area contributed by atoms with Gasteiger partial charge in [-0.1, -0.05) is 45.4 Å². The highest BCUT2D eigenvalue weighted by Gasteiger charge is 2.23. The molecule has 180 valence electrons. The average molecular weight is 678 g/mol. The zero-order valence-electron chi connectivity index (χ0n) is 19.4. The summed E-state index contributed by atoms with van der Waals surface area (Å²) in [5, 5.41) is 7.39. The van der Waals surface area contributed by atoms with Gasteiger partial charge < -0.3 is 19.3 Å². The van der Waals surface area contributed by atoms with Crippen molar-refractivity contribution in [1.29, 1.82) is 0 Å². The van der Waals surface area contributed by atoms with Gasteiger partial charge in [-0.2, -0.15) is 0 Å². The Morgan fingerprint density at radius 3 is 2.33 bits per heavy atom. The van der Waals surface area contributed by atoms with E-state index in [0.717, 1.165) is 68.5 Å². The van der Waals surface area contributed by atoms with Crippen molar-refractivity contribution in [3.05, 3.63) is 60.4 Å². The van der Waals surface area contributed by atoms with E-state index in [1.165, 1.54) is 0 Å². The Balaban J connectivity index is 0.00000187. The van der Waals surface area contributed by atoms with Crippen molar-refractivity contribution in [3.63, 3.8) is 0 Å². The predicted octanol–water partition coefficient (Wildman–Crippen LogP) is 6.27. The van der Waals surface area contributed by atoms with Gasteiger partial charge in [-0.15, -0.1) is 0 Å². The van der Waals surface area contributed by atoms with E-state index in [0.29, 0.717) is 17.7 Å². The van der Waals surface area contributed by atoms with E-state index in [-0.39, 0.29) is 5.78 Å². The molecule has 33 heavy (non-hydrogen) atoms. The minimum Gasteiger partial charge on any atom is -0.490 e. The van der Waals surface area contributed by atoms with Crippen molar-refractivity contribution in [2.75, 3.05) is 26.2 Å². The highest BCUT2D eigenvalue weighted by atomic mass is 127. The Hall–Kier alpha value is -1.21. The van der Waals surface area contributed by atoms with E-state index in [1.807, 2.05) is 36.4 Å². The van der Waals surface area contributed by atoms with Gasteiger partial charge in [-0.05, 0) is 82.9 Å². The van der Waals surface area contributed by atoms with E-state index in [2.05, 4.69) is 76.7 Å². The molecule has 0 aliphatic heterocycles. The predicted molar refractivity (Wildman–Crippen MR) is 149 cm³/mol. The number of carbonyl (C=O) groups excluding carboxylic acids is 1. The lowest BCUT2D eigenvalue weighted by atomic mass is 9.98. The summed E-state index contributed by atoms with van der Waals surface area (Å²) in [6, 6.07) is 11.7. The summed E-state index contributed by atoms with van der Waals surface area (Å²) in [4.78, 5) is 15.9. The molecule has 0 fully saturated rings. The van der Waals surface area contributed by atoms with Crippen LogP contribution in [0.1, 0.15) is 55.3 Å². The van der Waals surface area contributed by atoms with Crippen LogP contribution in [0, 0.1) is 7.14 Å². The quantitative estimate of drug-likeness (QED) is 0.141. The topological polar surface area (TPSA) is 88.9 Å². The number of ketones is 1. The number of halogens is 2. The van der Waals surface area contributed by atoms with E-state index in [1.54, 1.807) is 0 Å². The SMILES string of the molecule is CCCCc1oc2ccccc2c1C(=O)c1cc(I)c(OCCN(CC)CC)c(I)c1.NO. The van der Waals surface area contributed by atoms with Crippen molar-refractivity contribution >= 4 is 61.9 Å². The highest BCUT2D eigenvalue weighted by molar-refractivity contribution is 14.1. The van der Waals surface area contributed by atoms with Gasteiger partial charge in [-0.3, -0.25) is 4.79 Å². The Bertz CT molecular complexity index is 1030. The Morgan fingerprint density at radius 2 is 1.73 bits per heavy atom. The molecule has 0 saturated heterocycles. The van der Waals surface area contributed by atoms with Gasteiger partial charge in [0.15, 0.2) is 5.78 Å². The highest BCUT2D eigenvalue weighted by Crippen LogP contribution is 2.33. The van der Waals surface area contributed by atoms with Crippen LogP contribution >= 0.6 is 45.2 Å². The van der Waals surface area contributed by atoms with Gasteiger partial charge in [0.1, 0.15) is 23.7 Å². The van der Waals surface area contributed by atoms with Crippen molar-refractivity contribution < 1.29 is 19.2 Å². The lowest BCUT2D eigenvalue weighted by molar-refractivity contribution is 0.103. The minimum atomic E-state index is 0.0153. The number of fused-ring (bicyclic) bond motifs is 1. The zero-order chi connectivity index (χ0) is 24.4. The monoisotopic (exact) mass is 678 g/mol. The largest absolute Gasteiger partial charge is 0.490 e. The fourth-order valence-corrected chi connectivity index (χ4v) is 5.73. The number of nitrogens with zero attached hydrogens (tertiary/aromatic N) is 1. The molecule has 0 aliphatic rings. The molecule has 3 rings (SSSR count). The third kappa shape index (κ3) is 7.14. The first-order valence-corrected chi connectivity index (χ1v) is 13.3. The van der Waals surface area contributed by atoms with Crippen LogP contribution in [0.4, 0.5) is 0 Å². The van der Waals surface area contributed by atoms with Gasteiger partial charge in [0.25, 0.3) is 0 Å². The summed E-state index contributed by atoms with van der Waals surface area (Å²) in [6.45, 7) is 10.0. The standard InChI is InChI=1S/C25H29I2NO3.H3NO/c1-4-7-11-22-23(18-10-8-9-12-21(18)31-22)24(29)17-15-19(26)25(20(27)16-17)30-14-13-28(5-2)6-3;1-2/h8-10,12,15-16H,4-7,11,13-14H2,1-3H3;2H,1H2.